The van der Waals surface area contributed by atoms with Gasteiger partial charge in [-0.3, -0.25) is 4.90 Å². The van der Waals surface area contributed by atoms with Crippen LogP contribution in [0.2, 0.25) is 0 Å². The Bertz CT molecular complexity index is 3020. The molecular formula is C47H28N4O. The molecule has 0 atom stereocenters. The van der Waals surface area contributed by atoms with Crippen molar-refractivity contribution < 1.29 is 4.42 Å². The van der Waals surface area contributed by atoms with Crippen LogP contribution >= 0.6 is 0 Å². The number of anilines is 3. The summed E-state index contributed by atoms with van der Waals surface area (Å²) in [5, 5.41) is 6.86. The number of rotatable bonds is 4. The van der Waals surface area contributed by atoms with Gasteiger partial charge in [-0.15, -0.1) is 0 Å². The largest absolute Gasteiger partial charge is 0.456 e. The van der Waals surface area contributed by atoms with Crippen LogP contribution in [0.1, 0.15) is 0 Å². The van der Waals surface area contributed by atoms with Crippen LogP contribution in [0.25, 0.3) is 88.5 Å². The minimum absolute atomic E-state index is 0.551. The lowest BCUT2D eigenvalue weighted by Crippen LogP contribution is -2.19. The van der Waals surface area contributed by atoms with Crippen molar-refractivity contribution in [2.24, 2.45) is 0 Å². The molecule has 5 heteroatoms. The van der Waals surface area contributed by atoms with Gasteiger partial charge in [0, 0.05) is 32.8 Å². The molecule has 0 saturated heterocycles. The van der Waals surface area contributed by atoms with Crippen molar-refractivity contribution in [1.82, 2.24) is 15.0 Å². The Labute approximate surface area is 299 Å². The van der Waals surface area contributed by atoms with Gasteiger partial charge >= 0.3 is 0 Å². The maximum Gasteiger partial charge on any atom is 0.238 e. The fraction of sp³-hybridized carbons (Fsp3) is 0. The lowest BCUT2D eigenvalue weighted by molar-refractivity contribution is 0.669. The molecular weight excluding hydrogens is 637 g/mol. The van der Waals surface area contributed by atoms with Gasteiger partial charge < -0.3 is 4.42 Å². The van der Waals surface area contributed by atoms with Crippen LogP contribution in [-0.2, 0) is 0 Å². The number of benzene rings is 8. The number of aromatic nitrogens is 3. The van der Waals surface area contributed by atoms with E-state index in [9.17, 15) is 0 Å². The lowest BCUT2D eigenvalue weighted by Gasteiger charge is -2.32. The van der Waals surface area contributed by atoms with E-state index in [1.165, 1.54) is 32.7 Å². The molecule has 0 radical (unpaired) electrons. The van der Waals surface area contributed by atoms with Gasteiger partial charge in [0.25, 0.3) is 0 Å². The van der Waals surface area contributed by atoms with Crippen LogP contribution < -0.4 is 4.90 Å². The monoisotopic (exact) mass is 664 g/mol. The Hall–Kier alpha value is -7.11. The first-order valence-electron chi connectivity index (χ1n) is 17.4. The molecule has 0 unspecified atom stereocenters. The molecule has 0 amide bonds. The number of nitrogens with zero attached hydrogens (tertiary/aromatic N) is 4. The Morgan fingerprint density at radius 1 is 0.404 bits per heavy atom. The summed E-state index contributed by atoms with van der Waals surface area (Å²) in [6.45, 7) is 0. The average Bonchev–Trinajstić information content (AvgIpc) is 3.59. The van der Waals surface area contributed by atoms with Crippen LogP contribution in [0.5, 0.6) is 0 Å². The highest BCUT2D eigenvalue weighted by Gasteiger charge is 2.30. The molecule has 1 aliphatic heterocycles. The summed E-state index contributed by atoms with van der Waals surface area (Å²) in [5.41, 5.74) is 10.1. The zero-order valence-corrected chi connectivity index (χ0v) is 27.9. The van der Waals surface area contributed by atoms with Gasteiger partial charge in [-0.25, -0.2) is 4.98 Å². The molecule has 8 aromatic carbocycles. The Morgan fingerprint density at radius 2 is 1.06 bits per heavy atom. The normalized spacial score (nSPS) is 12.2. The van der Waals surface area contributed by atoms with Crippen LogP contribution in [0.4, 0.5) is 17.3 Å². The highest BCUT2D eigenvalue weighted by Crippen LogP contribution is 2.52. The van der Waals surface area contributed by atoms with Crippen LogP contribution in [0.15, 0.2) is 174 Å². The second kappa shape index (κ2) is 11.2. The predicted molar refractivity (Wildman–Crippen MR) is 212 cm³/mol. The highest BCUT2D eigenvalue weighted by atomic mass is 16.3. The molecule has 10 aromatic rings. The van der Waals surface area contributed by atoms with Gasteiger partial charge in [-0.1, -0.05) is 140 Å². The van der Waals surface area contributed by atoms with Gasteiger partial charge in [0.05, 0.1) is 11.4 Å². The Kier molecular flexibility index (Phi) is 6.18. The molecule has 2 aromatic heterocycles. The van der Waals surface area contributed by atoms with E-state index >= 15 is 0 Å². The van der Waals surface area contributed by atoms with E-state index in [0.29, 0.717) is 17.6 Å². The highest BCUT2D eigenvalue weighted by molar-refractivity contribution is 6.19. The third kappa shape index (κ3) is 4.39. The van der Waals surface area contributed by atoms with Crippen molar-refractivity contribution in [3.05, 3.63) is 170 Å². The minimum atomic E-state index is 0.551. The van der Waals surface area contributed by atoms with Gasteiger partial charge in [0.2, 0.25) is 5.95 Å². The molecule has 0 fully saturated rings. The molecule has 242 valence electrons. The smallest absolute Gasteiger partial charge is 0.238 e. The minimum Gasteiger partial charge on any atom is -0.456 e. The SMILES string of the molecule is c1ccc(-c2ccc(-c3nc(-c4ccc5c(c4)oc4ccccc45)nc(N4c5ccc6ccccc6c5-c5cccc6cccc4c56)n3)cc2)cc1. The lowest BCUT2D eigenvalue weighted by atomic mass is 9.88. The maximum atomic E-state index is 6.31. The van der Waals surface area contributed by atoms with Crippen LogP contribution in [0, 0.1) is 0 Å². The summed E-state index contributed by atoms with van der Waals surface area (Å²) in [6, 6.07) is 59.2. The fourth-order valence-corrected chi connectivity index (χ4v) is 7.82. The van der Waals surface area contributed by atoms with Crippen LogP contribution in [0.3, 0.4) is 0 Å². The molecule has 0 bridgehead atoms. The predicted octanol–water partition coefficient (Wildman–Crippen LogP) is 12.5. The standard InChI is InChI=1S/C47H28N4O/c1-2-10-29(11-3-1)30-20-22-33(23-21-30)45-48-46(34-24-26-37-36-16-6-7-19-41(36)52-42(37)28-34)50-47(49-45)51-39-18-9-14-32-13-8-17-38(43(32)39)44-35-15-5-4-12-31(35)25-27-40(44)51/h1-28H. The molecule has 1 aliphatic rings. The summed E-state index contributed by atoms with van der Waals surface area (Å²) in [5.74, 6) is 1.72. The maximum absolute atomic E-state index is 6.31. The third-order valence-corrected chi connectivity index (χ3v) is 10.3. The average molecular weight is 665 g/mol. The molecule has 0 spiro atoms. The summed E-state index contributed by atoms with van der Waals surface area (Å²) in [4.78, 5) is 17.9. The number of hydrogen-bond donors (Lipinski definition) is 0. The van der Waals surface area contributed by atoms with Crippen molar-refractivity contribution >= 4 is 60.8 Å². The van der Waals surface area contributed by atoms with E-state index in [1.54, 1.807) is 0 Å². The van der Waals surface area contributed by atoms with E-state index in [1.807, 2.05) is 30.3 Å². The van der Waals surface area contributed by atoms with Gasteiger partial charge in [0.15, 0.2) is 11.6 Å². The van der Waals surface area contributed by atoms with Crippen molar-refractivity contribution in [3.63, 3.8) is 0 Å². The zero-order valence-electron chi connectivity index (χ0n) is 27.9. The molecule has 52 heavy (non-hydrogen) atoms. The summed E-state index contributed by atoms with van der Waals surface area (Å²) >= 11 is 0. The van der Waals surface area contributed by atoms with Gasteiger partial charge in [-0.05, 0) is 63.2 Å². The fourth-order valence-electron chi connectivity index (χ4n) is 7.82. The molecule has 0 saturated carbocycles. The first-order chi connectivity index (χ1) is 25.8. The van der Waals surface area contributed by atoms with E-state index < -0.39 is 0 Å². The van der Waals surface area contributed by atoms with E-state index in [2.05, 4.69) is 144 Å². The molecule has 11 rings (SSSR count). The van der Waals surface area contributed by atoms with E-state index in [0.717, 1.165) is 55.6 Å². The zero-order chi connectivity index (χ0) is 34.2. The number of para-hydroxylation sites is 1. The van der Waals surface area contributed by atoms with Gasteiger partial charge in [0.1, 0.15) is 11.2 Å². The van der Waals surface area contributed by atoms with Crippen molar-refractivity contribution in [2.75, 3.05) is 4.90 Å². The third-order valence-electron chi connectivity index (χ3n) is 10.3. The first-order valence-corrected chi connectivity index (χ1v) is 17.4. The molecule has 3 heterocycles. The Morgan fingerprint density at radius 3 is 1.92 bits per heavy atom. The van der Waals surface area contributed by atoms with E-state index in [4.69, 9.17) is 19.4 Å². The van der Waals surface area contributed by atoms with Gasteiger partial charge in [-0.2, -0.15) is 9.97 Å². The number of fused-ring (bicyclic) bond motifs is 7. The van der Waals surface area contributed by atoms with Crippen LogP contribution in [-0.4, -0.2) is 15.0 Å². The second-order valence-electron chi connectivity index (χ2n) is 13.2. The topological polar surface area (TPSA) is 55.1 Å². The number of hydrogen-bond acceptors (Lipinski definition) is 5. The molecule has 0 N–H and O–H groups in total. The summed E-state index contributed by atoms with van der Waals surface area (Å²) < 4.78 is 6.31. The summed E-state index contributed by atoms with van der Waals surface area (Å²) in [6.07, 6.45) is 0. The first kappa shape index (κ1) is 28.7. The van der Waals surface area contributed by atoms with E-state index in [-0.39, 0.29) is 0 Å². The molecule has 5 nitrogen and oxygen atoms in total. The molecule has 0 aliphatic carbocycles. The van der Waals surface area contributed by atoms with Crippen molar-refractivity contribution in [2.45, 2.75) is 0 Å². The summed E-state index contributed by atoms with van der Waals surface area (Å²) in [7, 11) is 0. The van der Waals surface area contributed by atoms with Crippen molar-refractivity contribution in [3.8, 4) is 45.0 Å². The quantitative estimate of drug-likeness (QED) is 0.187. The Balaban J connectivity index is 1.16. The number of furan rings is 1. The second-order valence-corrected chi connectivity index (χ2v) is 13.2. The van der Waals surface area contributed by atoms with Crippen molar-refractivity contribution in [1.29, 1.82) is 0 Å².